The molecular weight excluding hydrogens is 1060 g/mol. The highest BCUT2D eigenvalue weighted by atomic mass is 19.4. The van der Waals surface area contributed by atoms with Gasteiger partial charge in [0.2, 0.25) is 0 Å². The topological polar surface area (TPSA) is 156 Å². The van der Waals surface area contributed by atoms with E-state index in [1.807, 2.05) is 46.2 Å². The Bertz CT molecular complexity index is 3550. The van der Waals surface area contributed by atoms with Crippen molar-refractivity contribution in [1.29, 1.82) is 0 Å². The van der Waals surface area contributed by atoms with Gasteiger partial charge in [0.1, 0.15) is 0 Å². The number of fused-ring (bicyclic) bond motifs is 2. The van der Waals surface area contributed by atoms with Gasteiger partial charge in [-0.2, -0.15) is 26.3 Å². The molecular formula is C64H60F6N6O6. The number of amides is 2. The number of carbonyl (C=O) groups excluding carboxylic acids is 3. The zero-order chi connectivity index (χ0) is 58.0. The molecule has 2 saturated heterocycles. The number of aliphatic carboxylic acids is 1. The van der Waals surface area contributed by atoms with Gasteiger partial charge in [-0.3, -0.25) is 19.2 Å². The molecule has 2 aromatic heterocycles. The van der Waals surface area contributed by atoms with Crippen molar-refractivity contribution < 1.29 is 55.4 Å². The van der Waals surface area contributed by atoms with Gasteiger partial charge in [0.15, 0.2) is 0 Å². The van der Waals surface area contributed by atoms with Crippen LogP contribution in [0.25, 0.3) is 44.6 Å². The van der Waals surface area contributed by atoms with Crippen LogP contribution in [0.3, 0.4) is 0 Å². The molecule has 2 fully saturated rings. The van der Waals surface area contributed by atoms with E-state index in [4.69, 9.17) is 29.8 Å². The van der Waals surface area contributed by atoms with Crippen LogP contribution in [0.2, 0.25) is 0 Å². The van der Waals surface area contributed by atoms with E-state index in [1.54, 1.807) is 43.3 Å². The smallest absolute Gasteiger partial charge is 0.416 e. The predicted octanol–water partition coefficient (Wildman–Crippen LogP) is 14.0. The number of ether oxygens (including phenoxy) is 1. The number of carboxylic acids is 1. The first-order valence-electron chi connectivity index (χ1n) is 27.4. The van der Waals surface area contributed by atoms with Crippen molar-refractivity contribution in [3.05, 3.63) is 190 Å². The molecule has 2 atom stereocenters. The third kappa shape index (κ3) is 14.5. The van der Waals surface area contributed by atoms with Crippen LogP contribution in [0.1, 0.15) is 124 Å². The number of hydrogen-bond acceptors (Lipinski definition) is 9. The Balaban J connectivity index is 0.000000198. The Kier molecular flexibility index (Phi) is 18.4. The number of unbranched alkanes of at least 4 members (excludes halogenated alkanes) is 2. The van der Waals surface area contributed by atoms with Gasteiger partial charge in [-0.1, -0.05) is 84.9 Å². The van der Waals surface area contributed by atoms with Crippen molar-refractivity contribution in [3.8, 4) is 22.5 Å². The number of aryl methyl sites for hydroxylation is 2. The minimum absolute atomic E-state index is 0.00901. The molecule has 82 heavy (non-hydrogen) atoms. The number of aromatic nitrogens is 4. The van der Waals surface area contributed by atoms with Crippen molar-refractivity contribution in [2.75, 3.05) is 32.8 Å². The van der Waals surface area contributed by atoms with Gasteiger partial charge >= 0.3 is 24.3 Å². The molecule has 0 spiro atoms. The lowest BCUT2D eigenvalue weighted by atomic mass is 9.99. The third-order valence-electron chi connectivity index (χ3n) is 14.8. The zero-order valence-corrected chi connectivity index (χ0v) is 45.1. The number of nitrogens with zero attached hydrogens (tertiary/aromatic N) is 6. The maximum Gasteiger partial charge on any atom is 0.416 e. The molecule has 0 saturated carbocycles. The highest BCUT2D eigenvalue weighted by Gasteiger charge is 2.33. The quantitative estimate of drug-likeness (QED) is 0.0529. The molecule has 2 aliphatic rings. The molecule has 4 heterocycles. The molecule has 0 bridgehead atoms. The lowest BCUT2D eigenvalue weighted by molar-refractivity contribution is -0.143. The van der Waals surface area contributed by atoms with Crippen molar-refractivity contribution in [2.24, 2.45) is 0 Å². The largest absolute Gasteiger partial charge is 0.481 e. The maximum absolute atomic E-state index is 13.4. The summed E-state index contributed by atoms with van der Waals surface area (Å²) in [5.74, 6) is -0.745. The Hall–Kier alpha value is -8.54. The van der Waals surface area contributed by atoms with Gasteiger partial charge in [0.05, 0.1) is 62.6 Å². The number of benzene rings is 6. The Morgan fingerprint density at radius 1 is 0.524 bits per heavy atom. The number of carbonyl (C=O) groups is 4. The molecule has 0 aliphatic carbocycles. The van der Waals surface area contributed by atoms with E-state index in [1.165, 1.54) is 35.4 Å². The van der Waals surface area contributed by atoms with Crippen molar-refractivity contribution >= 4 is 45.8 Å². The fourth-order valence-corrected chi connectivity index (χ4v) is 10.5. The van der Waals surface area contributed by atoms with Gasteiger partial charge in [-0.25, -0.2) is 19.9 Å². The average Bonchev–Trinajstić information content (AvgIpc) is 4.23. The normalized spacial score (nSPS) is 15.4. The number of esters is 1. The van der Waals surface area contributed by atoms with Crippen LogP contribution in [0, 0.1) is 0 Å². The molecule has 10 rings (SSSR count). The van der Waals surface area contributed by atoms with Gasteiger partial charge in [-0.15, -0.1) is 0 Å². The van der Waals surface area contributed by atoms with Gasteiger partial charge in [0.25, 0.3) is 11.8 Å². The summed E-state index contributed by atoms with van der Waals surface area (Å²) in [7, 11) is 0. The van der Waals surface area contributed by atoms with Crippen LogP contribution in [0.5, 0.6) is 0 Å². The summed E-state index contributed by atoms with van der Waals surface area (Å²) in [4.78, 5) is 72.3. The van der Waals surface area contributed by atoms with E-state index < -0.39 is 29.4 Å². The number of hydrogen-bond donors (Lipinski definition) is 1. The van der Waals surface area contributed by atoms with Crippen LogP contribution in [-0.2, 0) is 39.5 Å². The standard InChI is InChI=1S/C33H32F3N3O3.C31H28F3N3O3/c1-2-42-30(40)11-7-6-10-28-31(23-12-15-26(16-13-23)33(34,35)36)38-27-17-14-24(20-29(27)37-28)32(41)39-19-18-25(21-39)22-8-4-3-5-9-22;32-31(33,34)24-13-10-21(11-14-24)29-26(8-4-5-9-28(38)39)35-27-18-22(12-15-25(27)36-29)30(40)37-17-16-23(19-37)20-6-2-1-3-7-20/h3-5,8-9,12-17,20,25H,2,6-7,10-11,18-19,21H2,1H3;1-3,6-7,10-15,18,23H,4-5,8-9,16-17,19H2,(H,38,39). The second-order valence-corrected chi connectivity index (χ2v) is 20.5. The summed E-state index contributed by atoms with van der Waals surface area (Å²) in [6, 6.07) is 40.3. The van der Waals surface area contributed by atoms with Crippen molar-refractivity contribution in [3.63, 3.8) is 0 Å². The second kappa shape index (κ2) is 25.9. The Morgan fingerprint density at radius 3 is 1.33 bits per heavy atom. The summed E-state index contributed by atoms with van der Waals surface area (Å²) >= 11 is 0. The number of likely N-dealkylation sites (tertiary alicyclic amines) is 2. The highest BCUT2D eigenvalue weighted by Crippen LogP contribution is 2.36. The van der Waals surface area contributed by atoms with E-state index >= 15 is 0 Å². The summed E-state index contributed by atoms with van der Waals surface area (Å²) in [5, 5.41) is 8.97. The summed E-state index contributed by atoms with van der Waals surface area (Å²) in [6.45, 7) is 4.67. The molecule has 0 radical (unpaired) electrons. The maximum atomic E-state index is 13.4. The first-order chi connectivity index (χ1) is 39.4. The van der Waals surface area contributed by atoms with E-state index in [9.17, 15) is 45.5 Å². The molecule has 2 aliphatic heterocycles. The SMILES string of the molecule is CCOC(=O)CCCCc1nc2cc(C(=O)N3CCC(c4ccccc4)C3)ccc2nc1-c1ccc(C(F)(F)F)cc1.O=C(O)CCCCc1nc2cc(C(=O)N3CCC(c4ccccc4)C3)ccc2nc1-c1ccc(C(F)(F)F)cc1. The Labute approximate surface area is 470 Å². The zero-order valence-electron chi connectivity index (χ0n) is 45.1. The minimum atomic E-state index is -4.45. The molecule has 2 amide bonds. The van der Waals surface area contributed by atoms with E-state index in [0.717, 1.165) is 37.1 Å². The lowest BCUT2D eigenvalue weighted by Gasteiger charge is -2.17. The lowest BCUT2D eigenvalue weighted by Crippen LogP contribution is -2.28. The monoisotopic (exact) mass is 1120 g/mol. The molecule has 8 aromatic rings. The summed E-state index contributed by atoms with van der Waals surface area (Å²) in [5.41, 5.74) is 7.13. The van der Waals surface area contributed by atoms with Gasteiger partial charge in [0, 0.05) is 73.1 Å². The van der Waals surface area contributed by atoms with Crippen LogP contribution in [-0.4, -0.2) is 91.4 Å². The van der Waals surface area contributed by atoms with Crippen molar-refractivity contribution in [2.45, 2.75) is 95.3 Å². The number of rotatable bonds is 17. The van der Waals surface area contributed by atoms with Crippen LogP contribution < -0.4 is 0 Å². The van der Waals surface area contributed by atoms with Crippen LogP contribution >= 0.6 is 0 Å². The number of carboxylic acid groups (broad SMARTS) is 1. The predicted molar refractivity (Wildman–Crippen MR) is 299 cm³/mol. The molecule has 2 unspecified atom stereocenters. The molecule has 1 N–H and O–H groups in total. The second-order valence-electron chi connectivity index (χ2n) is 20.5. The third-order valence-corrected chi connectivity index (χ3v) is 14.8. The number of halogens is 6. The first-order valence-corrected chi connectivity index (χ1v) is 27.4. The highest BCUT2D eigenvalue weighted by molar-refractivity contribution is 5.98. The minimum Gasteiger partial charge on any atom is -0.481 e. The Morgan fingerprint density at radius 2 is 0.939 bits per heavy atom. The molecule has 424 valence electrons. The van der Waals surface area contributed by atoms with E-state index in [2.05, 4.69) is 24.3 Å². The molecule has 18 heteroatoms. The molecule has 12 nitrogen and oxygen atoms in total. The molecule has 6 aromatic carbocycles. The average molecular weight is 1120 g/mol. The van der Waals surface area contributed by atoms with Gasteiger partial charge in [-0.05, 0) is 130 Å². The van der Waals surface area contributed by atoms with Crippen molar-refractivity contribution in [1.82, 2.24) is 29.7 Å². The van der Waals surface area contributed by atoms with E-state index in [0.29, 0.717) is 144 Å². The fourth-order valence-electron chi connectivity index (χ4n) is 10.5. The van der Waals surface area contributed by atoms with Crippen LogP contribution in [0.15, 0.2) is 146 Å². The van der Waals surface area contributed by atoms with Gasteiger partial charge < -0.3 is 19.6 Å². The first kappa shape index (κ1) is 58.1. The van der Waals surface area contributed by atoms with E-state index in [-0.39, 0.29) is 36.5 Å². The number of alkyl halides is 6. The van der Waals surface area contributed by atoms with Crippen LogP contribution in [0.4, 0.5) is 26.3 Å². The summed E-state index contributed by atoms with van der Waals surface area (Å²) < 4.78 is 83.8. The summed E-state index contributed by atoms with van der Waals surface area (Å²) in [6.07, 6.45) is -3.84. The fraction of sp³-hybridized carbons (Fsp3) is 0.312.